The maximum absolute atomic E-state index is 6.05. The van der Waals surface area contributed by atoms with Crippen LogP contribution in [0, 0.1) is 29.6 Å². The third-order valence-corrected chi connectivity index (χ3v) is 8.76. The van der Waals surface area contributed by atoms with Crippen LogP contribution in [0.15, 0.2) is 0 Å². The van der Waals surface area contributed by atoms with Crippen LogP contribution in [0.2, 0.25) is 0 Å². The first-order valence-corrected chi connectivity index (χ1v) is 10.6. The third kappa shape index (κ3) is 2.32. The van der Waals surface area contributed by atoms with E-state index in [1.54, 1.807) is 4.90 Å². The van der Waals surface area contributed by atoms with E-state index in [0.717, 1.165) is 29.7 Å². The number of nitrogens with one attached hydrogen (secondary N) is 1. The lowest BCUT2D eigenvalue weighted by Crippen LogP contribution is -3.17. The molecule has 3 heterocycles. The van der Waals surface area contributed by atoms with Crippen molar-refractivity contribution >= 4 is 0 Å². The quantitative estimate of drug-likeness (QED) is 0.703. The SMILES string of the molecule is C[NH+]1CC2C(CCC3OCOC32)C2CCC3CC4OCOC4CC3C21. The monoisotopic (exact) mass is 350 g/mol. The summed E-state index contributed by atoms with van der Waals surface area (Å²) in [4.78, 5) is 1.76. The van der Waals surface area contributed by atoms with E-state index < -0.39 is 0 Å². The predicted octanol–water partition coefficient (Wildman–Crippen LogP) is 0.829. The minimum Gasteiger partial charge on any atom is -0.349 e. The zero-order valence-electron chi connectivity index (χ0n) is 15.3. The van der Waals surface area contributed by atoms with Crippen LogP contribution in [0.4, 0.5) is 0 Å². The molecule has 3 aliphatic carbocycles. The van der Waals surface area contributed by atoms with Gasteiger partial charge in [-0.1, -0.05) is 0 Å². The lowest BCUT2D eigenvalue weighted by molar-refractivity contribution is -0.929. The van der Waals surface area contributed by atoms with Gasteiger partial charge in [-0.3, -0.25) is 0 Å². The molecule has 3 saturated carbocycles. The molecule has 0 amide bonds. The van der Waals surface area contributed by atoms with Gasteiger partial charge in [-0.25, -0.2) is 0 Å². The Labute approximate surface area is 150 Å². The van der Waals surface area contributed by atoms with Crippen molar-refractivity contribution in [2.45, 2.75) is 69.0 Å². The van der Waals surface area contributed by atoms with E-state index in [9.17, 15) is 0 Å². The fourth-order valence-corrected chi connectivity index (χ4v) is 7.86. The second-order valence-electron chi connectivity index (χ2n) is 9.60. The molecule has 140 valence electrons. The van der Waals surface area contributed by atoms with Crippen molar-refractivity contribution in [2.75, 3.05) is 27.2 Å². The molecule has 0 aromatic heterocycles. The van der Waals surface area contributed by atoms with Crippen molar-refractivity contribution in [3.05, 3.63) is 0 Å². The number of hydrogen-bond acceptors (Lipinski definition) is 4. The van der Waals surface area contributed by atoms with Gasteiger partial charge in [0, 0.05) is 17.8 Å². The van der Waals surface area contributed by atoms with Gasteiger partial charge in [-0.15, -0.1) is 0 Å². The zero-order valence-corrected chi connectivity index (χ0v) is 15.3. The maximum atomic E-state index is 6.05. The van der Waals surface area contributed by atoms with E-state index in [-0.39, 0.29) is 0 Å². The van der Waals surface area contributed by atoms with Gasteiger partial charge in [-0.2, -0.15) is 0 Å². The topological polar surface area (TPSA) is 41.4 Å². The van der Waals surface area contributed by atoms with Crippen LogP contribution < -0.4 is 4.90 Å². The molecule has 6 aliphatic rings. The summed E-state index contributed by atoms with van der Waals surface area (Å²) in [6.07, 6.45) is 9.36. The Kier molecular flexibility index (Phi) is 3.73. The normalized spacial score (nSPS) is 60.1. The molecule has 6 fully saturated rings. The van der Waals surface area contributed by atoms with Gasteiger partial charge in [0.2, 0.25) is 0 Å². The molecule has 0 aromatic carbocycles. The van der Waals surface area contributed by atoms with Gasteiger partial charge in [0.25, 0.3) is 0 Å². The summed E-state index contributed by atoms with van der Waals surface area (Å²) < 4.78 is 23.7. The van der Waals surface area contributed by atoms with Crippen LogP contribution in [0.25, 0.3) is 0 Å². The van der Waals surface area contributed by atoms with E-state index in [1.807, 2.05) is 0 Å². The highest BCUT2D eigenvalue weighted by atomic mass is 16.7. The van der Waals surface area contributed by atoms with Gasteiger partial charge in [-0.05, 0) is 50.4 Å². The average Bonchev–Trinajstić information content (AvgIpc) is 3.28. The van der Waals surface area contributed by atoms with Crippen molar-refractivity contribution in [2.24, 2.45) is 29.6 Å². The van der Waals surface area contributed by atoms with E-state index in [2.05, 4.69) is 7.05 Å². The Hall–Kier alpha value is -0.200. The fraction of sp³-hybridized carbons (Fsp3) is 1.00. The highest BCUT2D eigenvalue weighted by molar-refractivity contribution is 5.03. The minimum atomic E-state index is 0.368. The van der Waals surface area contributed by atoms with Crippen LogP contribution in [-0.4, -0.2) is 57.6 Å². The molecule has 0 radical (unpaired) electrons. The largest absolute Gasteiger partial charge is 0.349 e. The fourth-order valence-electron chi connectivity index (χ4n) is 7.86. The van der Waals surface area contributed by atoms with Crippen LogP contribution >= 0.6 is 0 Å². The van der Waals surface area contributed by atoms with E-state index in [4.69, 9.17) is 18.9 Å². The molecule has 5 nitrogen and oxygen atoms in total. The molecule has 3 saturated heterocycles. The summed E-state index contributed by atoms with van der Waals surface area (Å²) >= 11 is 0. The molecular weight excluding hydrogens is 318 g/mol. The molecular formula is C20H32NO4+. The number of fused-ring (bicyclic) bond motifs is 8. The Morgan fingerprint density at radius 3 is 2.36 bits per heavy atom. The van der Waals surface area contributed by atoms with Gasteiger partial charge >= 0.3 is 0 Å². The summed E-state index contributed by atoms with van der Waals surface area (Å²) in [7, 11) is 2.45. The maximum Gasteiger partial charge on any atom is 0.147 e. The first kappa shape index (κ1) is 15.8. The number of piperidine rings is 1. The molecule has 3 aliphatic heterocycles. The molecule has 0 spiro atoms. The van der Waals surface area contributed by atoms with Crippen molar-refractivity contribution in [1.29, 1.82) is 0 Å². The summed E-state index contributed by atoms with van der Waals surface area (Å²) in [5.74, 6) is 4.14. The first-order valence-electron chi connectivity index (χ1n) is 10.6. The molecule has 6 rings (SSSR count). The number of hydrogen-bond donors (Lipinski definition) is 1. The van der Waals surface area contributed by atoms with Crippen LogP contribution in [0.5, 0.6) is 0 Å². The highest BCUT2D eigenvalue weighted by Gasteiger charge is 2.59. The summed E-state index contributed by atoms with van der Waals surface area (Å²) in [6, 6.07) is 0.823. The van der Waals surface area contributed by atoms with Crippen molar-refractivity contribution in [3.8, 4) is 0 Å². The van der Waals surface area contributed by atoms with E-state index in [0.29, 0.717) is 43.9 Å². The molecule has 0 bridgehead atoms. The van der Waals surface area contributed by atoms with E-state index in [1.165, 1.54) is 45.1 Å². The van der Waals surface area contributed by atoms with Crippen LogP contribution in [0.3, 0.4) is 0 Å². The van der Waals surface area contributed by atoms with Gasteiger partial charge < -0.3 is 23.8 Å². The summed E-state index contributed by atoms with van der Waals surface area (Å²) in [5, 5.41) is 0. The first-order chi connectivity index (χ1) is 12.3. The van der Waals surface area contributed by atoms with Gasteiger partial charge in [0.15, 0.2) is 0 Å². The second-order valence-corrected chi connectivity index (χ2v) is 9.60. The summed E-state index contributed by atoms with van der Waals surface area (Å²) in [5.41, 5.74) is 0. The Bertz CT molecular complexity index is 530. The number of rotatable bonds is 0. The Balaban J connectivity index is 1.27. The Morgan fingerprint density at radius 2 is 1.44 bits per heavy atom. The van der Waals surface area contributed by atoms with Crippen LogP contribution in [-0.2, 0) is 18.9 Å². The number of likely N-dealkylation sites (tertiary alicyclic amines) is 1. The molecule has 0 aromatic rings. The molecule has 5 heteroatoms. The standard InChI is InChI=1S/C20H31NO4/c1-21-8-15-12(4-5-16-20(15)25-10-22-16)13-3-2-11-6-17-18(24-9-23-17)7-14(11)19(13)21/h11-20H,2-10H2,1H3/p+1. The smallest absolute Gasteiger partial charge is 0.147 e. The Morgan fingerprint density at radius 1 is 0.680 bits per heavy atom. The van der Waals surface area contributed by atoms with Crippen molar-refractivity contribution in [1.82, 2.24) is 0 Å². The van der Waals surface area contributed by atoms with Crippen molar-refractivity contribution in [3.63, 3.8) is 0 Å². The molecule has 11 unspecified atom stereocenters. The lowest BCUT2D eigenvalue weighted by atomic mass is 9.55. The third-order valence-electron chi connectivity index (χ3n) is 8.76. The molecule has 11 atom stereocenters. The highest BCUT2D eigenvalue weighted by Crippen LogP contribution is 2.51. The minimum absolute atomic E-state index is 0.368. The summed E-state index contributed by atoms with van der Waals surface area (Å²) in [6.45, 7) is 2.32. The number of quaternary nitrogens is 1. The number of ether oxygens (including phenoxy) is 4. The lowest BCUT2D eigenvalue weighted by Gasteiger charge is -2.57. The second kappa shape index (κ2) is 5.90. The van der Waals surface area contributed by atoms with Gasteiger partial charge in [0.05, 0.1) is 44.1 Å². The van der Waals surface area contributed by atoms with E-state index >= 15 is 0 Å². The zero-order chi connectivity index (χ0) is 16.5. The molecule has 1 N–H and O–H groups in total. The predicted molar refractivity (Wildman–Crippen MR) is 89.9 cm³/mol. The van der Waals surface area contributed by atoms with Crippen LogP contribution in [0.1, 0.15) is 38.5 Å². The van der Waals surface area contributed by atoms with Gasteiger partial charge in [0.1, 0.15) is 13.6 Å². The van der Waals surface area contributed by atoms with Crippen molar-refractivity contribution < 1.29 is 23.8 Å². The average molecular weight is 350 g/mol. The molecule has 25 heavy (non-hydrogen) atoms.